The van der Waals surface area contributed by atoms with Crippen molar-refractivity contribution in [3.63, 3.8) is 0 Å². The zero-order valence-electron chi connectivity index (χ0n) is 17.7. The van der Waals surface area contributed by atoms with Gasteiger partial charge in [-0.15, -0.1) is 0 Å². The van der Waals surface area contributed by atoms with E-state index < -0.39 is 0 Å². The zero-order chi connectivity index (χ0) is 21.6. The molecule has 7 nitrogen and oxygen atoms in total. The first-order valence-corrected chi connectivity index (χ1v) is 10.6. The van der Waals surface area contributed by atoms with Crippen LogP contribution in [-0.2, 0) is 11.2 Å². The fourth-order valence-electron chi connectivity index (χ4n) is 3.81. The zero-order valence-corrected chi connectivity index (χ0v) is 17.7. The smallest absolute Gasteiger partial charge is 0.271 e. The van der Waals surface area contributed by atoms with E-state index in [0.29, 0.717) is 38.4 Å². The van der Waals surface area contributed by atoms with E-state index in [2.05, 4.69) is 27.3 Å². The number of para-hydroxylation sites is 1. The van der Waals surface area contributed by atoms with Gasteiger partial charge in [-0.25, -0.2) is 0 Å². The summed E-state index contributed by atoms with van der Waals surface area (Å²) >= 11 is 0. The number of anilines is 1. The Morgan fingerprint density at radius 2 is 1.71 bits per heavy atom. The van der Waals surface area contributed by atoms with Gasteiger partial charge in [-0.05, 0) is 24.1 Å². The third kappa shape index (κ3) is 5.00. The molecule has 2 amide bonds. The quantitative estimate of drug-likeness (QED) is 0.646. The number of aromatic nitrogens is 2. The SMILES string of the molecule is CCc1ccccc1NC(=O)CN1CCN(C(=O)c2cc(-c3ccccc3)n[nH]2)CC1. The van der Waals surface area contributed by atoms with E-state index in [1.54, 1.807) is 6.07 Å². The first kappa shape index (κ1) is 20.8. The molecule has 160 valence electrons. The summed E-state index contributed by atoms with van der Waals surface area (Å²) in [6.07, 6.45) is 0.872. The van der Waals surface area contributed by atoms with Crippen molar-refractivity contribution in [2.24, 2.45) is 0 Å². The molecule has 0 atom stereocenters. The van der Waals surface area contributed by atoms with Crippen molar-refractivity contribution in [3.05, 3.63) is 71.9 Å². The van der Waals surface area contributed by atoms with E-state index in [-0.39, 0.29) is 11.8 Å². The van der Waals surface area contributed by atoms with Gasteiger partial charge < -0.3 is 10.2 Å². The molecule has 0 unspecified atom stereocenters. The molecule has 4 rings (SSSR count). The molecule has 1 aliphatic heterocycles. The maximum atomic E-state index is 12.8. The molecule has 1 aromatic heterocycles. The summed E-state index contributed by atoms with van der Waals surface area (Å²) in [4.78, 5) is 29.2. The first-order valence-electron chi connectivity index (χ1n) is 10.6. The first-order chi connectivity index (χ1) is 15.1. The normalized spacial score (nSPS) is 14.4. The Morgan fingerprint density at radius 1 is 1.00 bits per heavy atom. The molecular weight excluding hydrogens is 390 g/mol. The fourth-order valence-corrected chi connectivity index (χ4v) is 3.81. The third-order valence-electron chi connectivity index (χ3n) is 5.58. The van der Waals surface area contributed by atoms with Crippen LogP contribution in [0.25, 0.3) is 11.3 Å². The Kier molecular flexibility index (Phi) is 6.43. The van der Waals surface area contributed by atoms with Crippen LogP contribution in [0.15, 0.2) is 60.7 Å². The highest BCUT2D eigenvalue weighted by Gasteiger charge is 2.24. The topological polar surface area (TPSA) is 81.3 Å². The molecule has 0 radical (unpaired) electrons. The molecule has 31 heavy (non-hydrogen) atoms. The average Bonchev–Trinajstić information content (AvgIpc) is 3.30. The number of hydrogen-bond donors (Lipinski definition) is 2. The molecule has 1 fully saturated rings. The summed E-state index contributed by atoms with van der Waals surface area (Å²) in [5.74, 6) is -0.0857. The summed E-state index contributed by atoms with van der Waals surface area (Å²) in [5.41, 5.74) is 4.21. The predicted octanol–water partition coefficient (Wildman–Crippen LogP) is 3.04. The number of amides is 2. The number of hydrogen-bond acceptors (Lipinski definition) is 4. The number of piperazine rings is 1. The summed E-state index contributed by atoms with van der Waals surface area (Å²) in [6, 6.07) is 19.4. The highest BCUT2D eigenvalue weighted by Crippen LogP contribution is 2.18. The van der Waals surface area contributed by atoms with Crippen LogP contribution in [0.1, 0.15) is 23.0 Å². The number of rotatable bonds is 6. The van der Waals surface area contributed by atoms with Crippen molar-refractivity contribution < 1.29 is 9.59 Å². The standard InChI is InChI=1S/C24H27N5O2/c1-2-18-8-6-7-11-20(18)25-23(30)17-28-12-14-29(15-13-28)24(31)22-16-21(26-27-22)19-9-4-3-5-10-19/h3-11,16H,2,12-15,17H2,1H3,(H,25,30)(H,26,27). The van der Waals surface area contributed by atoms with Crippen molar-refractivity contribution in [2.75, 3.05) is 38.0 Å². The molecule has 0 aliphatic carbocycles. The Labute approximate surface area is 182 Å². The minimum Gasteiger partial charge on any atom is -0.335 e. The van der Waals surface area contributed by atoms with Crippen molar-refractivity contribution in [3.8, 4) is 11.3 Å². The molecule has 1 saturated heterocycles. The van der Waals surface area contributed by atoms with Crippen LogP contribution in [0.3, 0.4) is 0 Å². The lowest BCUT2D eigenvalue weighted by Crippen LogP contribution is -2.50. The predicted molar refractivity (Wildman–Crippen MR) is 121 cm³/mol. The summed E-state index contributed by atoms with van der Waals surface area (Å²) in [5, 5.41) is 10.2. The average molecular weight is 418 g/mol. The Morgan fingerprint density at radius 3 is 2.45 bits per heavy atom. The number of H-pyrrole nitrogens is 1. The van der Waals surface area contributed by atoms with Crippen LogP contribution >= 0.6 is 0 Å². The highest BCUT2D eigenvalue weighted by molar-refractivity contribution is 5.94. The number of carbonyl (C=O) groups is 2. The van der Waals surface area contributed by atoms with Crippen LogP contribution in [0.4, 0.5) is 5.69 Å². The largest absolute Gasteiger partial charge is 0.335 e. The van der Waals surface area contributed by atoms with Gasteiger partial charge in [0.2, 0.25) is 5.91 Å². The van der Waals surface area contributed by atoms with Crippen molar-refractivity contribution >= 4 is 17.5 Å². The van der Waals surface area contributed by atoms with Gasteiger partial charge in [0, 0.05) is 37.4 Å². The van der Waals surface area contributed by atoms with Crippen LogP contribution in [-0.4, -0.2) is 64.5 Å². The molecule has 0 bridgehead atoms. The van der Waals surface area contributed by atoms with Crippen LogP contribution in [0.2, 0.25) is 0 Å². The van der Waals surface area contributed by atoms with E-state index in [9.17, 15) is 9.59 Å². The number of nitrogens with one attached hydrogen (secondary N) is 2. The van der Waals surface area contributed by atoms with Crippen molar-refractivity contribution in [1.82, 2.24) is 20.0 Å². The van der Waals surface area contributed by atoms with Gasteiger partial charge in [0.1, 0.15) is 5.69 Å². The molecule has 0 spiro atoms. The van der Waals surface area contributed by atoms with Crippen molar-refractivity contribution in [2.45, 2.75) is 13.3 Å². The number of aryl methyl sites for hydroxylation is 1. The molecule has 1 aliphatic rings. The van der Waals surface area contributed by atoms with Gasteiger partial charge in [-0.1, -0.05) is 55.5 Å². The molecule has 2 heterocycles. The number of nitrogens with zero attached hydrogens (tertiary/aromatic N) is 3. The third-order valence-corrected chi connectivity index (χ3v) is 5.58. The Balaban J connectivity index is 1.29. The lowest BCUT2D eigenvalue weighted by molar-refractivity contribution is -0.117. The Bertz CT molecular complexity index is 1040. The van der Waals surface area contributed by atoms with Crippen molar-refractivity contribution in [1.29, 1.82) is 0 Å². The second-order valence-electron chi connectivity index (χ2n) is 7.66. The van der Waals surface area contributed by atoms with Gasteiger partial charge >= 0.3 is 0 Å². The molecular formula is C24H27N5O2. The minimum atomic E-state index is -0.0596. The second-order valence-corrected chi connectivity index (χ2v) is 7.66. The Hall–Kier alpha value is -3.45. The van der Waals surface area contributed by atoms with Crippen LogP contribution in [0.5, 0.6) is 0 Å². The van der Waals surface area contributed by atoms with E-state index >= 15 is 0 Å². The van der Waals surface area contributed by atoms with Gasteiger partial charge in [0.25, 0.3) is 5.91 Å². The number of aromatic amines is 1. The molecule has 2 aromatic carbocycles. The van der Waals surface area contributed by atoms with E-state index in [4.69, 9.17) is 0 Å². The van der Waals surface area contributed by atoms with Gasteiger partial charge in [0.05, 0.1) is 12.2 Å². The maximum Gasteiger partial charge on any atom is 0.271 e. The van der Waals surface area contributed by atoms with Crippen LogP contribution < -0.4 is 5.32 Å². The van der Waals surface area contributed by atoms with E-state index in [1.807, 2.05) is 59.5 Å². The number of benzene rings is 2. The monoisotopic (exact) mass is 417 g/mol. The highest BCUT2D eigenvalue weighted by atomic mass is 16.2. The number of carbonyl (C=O) groups excluding carboxylic acids is 2. The lowest BCUT2D eigenvalue weighted by atomic mass is 10.1. The minimum absolute atomic E-state index is 0.0262. The summed E-state index contributed by atoms with van der Waals surface area (Å²) < 4.78 is 0. The van der Waals surface area contributed by atoms with Gasteiger partial charge in [-0.2, -0.15) is 5.10 Å². The van der Waals surface area contributed by atoms with Crippen LogP contribution in [0, 0.1) is 0 Å². The molecule has 2 N–H and O–H groups in total. The van der Waals surface area contributed by atoms with E-state index in [1.165, 1.54) is 0 Å². The van der Waals surface area contributed by atoms with Gasteiger partial charge in [-0.3, -0.25) is 19.6 Å². The van der Waals surface area contributed by atoms with Gasteiger partial charge in [0.15, 0.2) is 0 Å². The summed E-state index contributed by atoms with van der Waals surface area (Å²) in [6.45, 7) is 4.88. The molecule has 0 saturated carbocycles. The second kappa shape index (κ2) is 9.57. The fraction of sp³-hybridized carbons (Fsp3) is 0.292. The molecule has 3 aromatic rings. The lowest BCUT2D eigenvalue weighted by Gasteiger charge is -2.34. The molecule has 7 heteroatoms. The summed E-state index contributed by atoms with van der Waals surface area (Å²) in [7, 11) is 0. The maximum absolute atomic E-state index is 12.8. The van der Waals surface area contributed by atoms with E-state index in [0.717, 1.165) is 28.9 Å².